The molecule has 20 heavy (non-hydrogen) atoms. The summed E-state index contributed by atoms with van der Waals surface area (Å²) < 4.78 is 22.6. The maximum atomic E-state index is 12.0. The maximum Gasteiger partial charge on any atom is 0.326 e. The normalized spacial score (nSPS) is 12.7. The van der Waals surface area contributed by atoms with Gasteiger partial charge in [-0.25, -0.2) is 13.2 Å². The van der Waals surface area contributed by atoms with Gasteiger partial charge >= 0.3 is 5.97 Å². The lowest BCUT2D eigenvalue weighted by molar-refractivity contribution is -0.139. The van der Waals surface area contributed by atoms with Crippen molar-refractivity contribution in [3.8, 4) is 0 Å². The van der Waals surface area contributed by atoms with Crippen LogP contribution in [0.1, 0.15) is 16.8 Å². The molecule has 110 valence electrons. The van der Waals surface area contributed by atoms with Crippen LogP contribution in [0.25, 0.3) is 0 Å². The highest BCUT2D eigenvalue weighted by Gasteiger charge is 2.22. The largest absolute Gasteiger partial charge is 0.480 e. The van der Waals surface area contributed by atoms with Crippen molar-refractivity contribution in [1.82, 2.24) is 5.32 Å². The zero-order valence-corrected chi connectivity index (χ0v) is 13.1. The molecule has 6 nitrogen and oxygen atoms in total. The van der Waals surface area contributed by atoms with E-state index in [-0.39, 0.29) is 17.7 Å². The quantitative estimate of drug-likeness (QED) is 0.786. The van der Waals surface area contributed by atoms with Gasteiger partial charge in [-0.2, -0.15) is 0 Å². The van der Waals surface area contributed by atoms with Gasteiger partial charge in [0.25, 0.3) is 5.91 Å². The van der Waals surface area contributed by atoms with E-state index in [1.807, 2.05) is 0 Å². The number of sulfone groups is 1. The van der Waals surface area contributed by atoms with Crippen LogP contribution in [0.3, 0.4) is 0 Å². The molecule has 0 bridgehead atoms. The van der Waals surface area contributed by atoms with Crippen molar-refractivity contribution in [2.24, 2.45) is 0 Å². The van der Waals surface area contributed by atoms with Gasteiger partial charge in [-0.1, -0.05) is 12.1 Å². The summed E-state index contributed by atoms with van der Waals surface area (Å²) in [4.78, 5) is 23.0. The van der Waals surface area contributed by atoms with Crippen molar-refractivity contribution in [2.45, 2.75) is 12.5 Å². The van der Waals surface area contributed by atoms with Gasteiger partial charge in [0.05, 0.1) is 11.3 Å². The van der Waals surface area contributed by atoms with Crippen LogP contribution < -0.4 is 5.32 Å². The zero-order valence-electron chi connectivity index (χ0n) is 10.7. The third-order valence-corrected chi connectivity index (χ3v) is 4.17. The Morgan fingerprint density at radius 2 is 1.95 bits per heavy atom. The Balaban J connectivity index is 2.79. The monoisotopic (exact) mass is 363 g/mol. The smallest absolute Gasteiger partial charge is 0.326 e. The number of carbonyl (C=O) groups excluding carboxylic acids is 1. The highest BCUT2D eigenvalue weighted by molar-refractivity contribution is 9.10. The molecule has 0 radical (unpaired) electrons. The third-order valence-electron chi connectivity index (χ3n) is 2.50. The Morgan fingerprint density at radius 3 is 2.45 bits per heavy atom. The number of carbonyl (C=O) groups is 2. The van der Waals surface area contributed by atoms with Gasteiger partial charge < -0.3 is 10.4 Å². The van der Waals surface area contributed by atoms with Crippen LogP contribution >= 0.6 is 15.9 Å². The molecule has 1 rings (SSSR count). The molecule has 1 amide bonds. The van der Waals surface area contributed by atoms with Gasteiger partial charge in [-0.3, -0.25) is 4.79 Å². The summed E-state index contributed by atoms with van der Waals surface area (Å²) in [5.74, 6) is -2.15. The standard InChI is InChI=1S/C12H14BrNO5S/c1-20(18,19)7-6-10(12(16)17)14-11(15)8-4-2-3-5-9(8)13/h2-5,10H,6-7H2,1H3,(H,14,15)(H,16,17). The lowest BCUT2D eigenvalue weighted by Gasteiger charge is -2.14. The van der Waals surface area contributed by atoms with Crippen molar-refractivity contribution in [2.75, 3.05) is 12.0 Å². The molecule has 0 aliphatic carbocycles. The van der Waals surface area contributed by atoms with Crippen LogP contribution in [0.15, 0.2) is 28.7 Å². The summed E-state index contributed by atoms with van der Waals surface area (Å²) in [6, 6.07) is 5.31. The van der Waals surface area contributed by atoms with Crippen molar-refractivity contribution in [1.29, 1.82) is 0 Å². The number of rotatable bonds is 6. The Kier molecular flexibility index (Phi) is 5.70. The third kappa shape index (κ3) is 5.30. The van der Waals surface area contributed by atoms with E-state index in [1.165, 1.54) is 6.07 Å². The molecule has 1 aromatic carbocycles. The minimum atomic E-state index is -3.29. The average Bonchev–Trinajstić information content (AvgIpc) is 2.33. The van der Waals surface area contributed by atoms with E-state index in [0.717, 1.165) is 6.26 Å². The number of nitrogens with one attached hydrogen (secondary N) is 1. The lowest BCUT2D eigenvalue weighted by atomic mass is 10.1. The summed E-state index contributed by atoms with van der Waals surface area (Å²) >= 11 is 3.19. The molecule has 0 fully saturated rings. The van der Waals surface area contributed by atoms with Gasteiger partial charge in [0, 0.05) is 10.7 Å². The first-order valence-corrected chi connectivity index (χ1v) is 8.52. The second-order valence-electron chi connectivity index (χ2n) is 4.26. The first-order chi connectivity index (χ1) is 9.20. The molecule has 0 heterocycles. The highest BCUT2D eigenvalue weighted by Crippen LogP contribution is 2.15. The number of halogens is 1. The molecule has 0 spiro atoms. The number of carboxylic acids is 1. The van der Waals surface area contributed by atoms with E-state index in [4.69, 9.17) is 5.11 Å². The molecule has 8 heteroatoms. The fourth-order valence-electron chi connectivity index (χ4n) is 1.47. The summed E-state index contributed by atoms with van der Waals surface area (Å²) in [5.41, 5.74) is 0.290. The van der Waals surface area contributed by atoms with E-state index >= 15 is 0 Å². The molecule has 2 N–H and O–H groups in total. The molecular weight excluding hydrogens is 350 g/mol. The van der Waals surface area contributed by atoms with Crippen LogP contribution in [0.4, 0.5) is 0 Å². The molecule has 1 unspecified atom stereocenters. The highest BCUT2D eigenvalue weighted by atomic mass is 79.9. The van der Waals surface area contributed by atoms with E-state index < -0.39 is 27.8 Å². The van der Waals surface area contributed by atoms with Crippen molar-refractivity contribution in [3.63, 3.8) is 0 Å². The first-order valence-electron chi connectivity index (χ1n) is 5.66. The Bertz CT molecular complexity index is 614. The molecular formula is C12H14BrNO5S. The second kappa shape index (κ2) is 6.85. The van der Waals surface area contributed by atoms with Crippen LogP contribution in [-0.2, 0) is 14.6 Å². The molecule has 0 saturated heterocycles. The Morgan fingerprint density at radius 1 is 1.35 bits per heavy atom. The summed E-state index contributed by atoms with van der Waals surface area (Å²) in [6.07, 6.45) is 0.839. The lowest BCUT2D eigenvalue weighted by Crippen LogP contribution is -2.42. The van der Waals surface area contributed by atoms with Crippen molar-refractivity contribution >= 4 is 37.6 Å². The molecule has 0 saturated carbocycles. The zero-order chi connectivity index (χ0) is 15.3. The molecule has 0 aliphatic rings. The second-order valence-corrected chi connectivity index (χ2v) is 7.38. The predicted octanol–water partition coefficient (Wildman–Crippen LogP) is 1.07. The number of carboxylic acid groups (broad SMARTS) is 1. The van der Waals surface area contributed by atoms with Gasteiger partial charge in [-0.15, -0.1) is 0 Å². The van der Waals surface area contributed by atoms with Gasteiger partial charge in [-0.05, 0) is 34.5 Å². The Hall–Kier alpha value is -1.41. The number of hydrogen-bond donors (Lipinski definition) is 2. The number of hydrogen-bond acceptors (Lipinski definition) is 4. The first kappa shape index (κ1) is 16.6. The average molecular weight is 364 g/mol. The molecule has 0 aliphatic heterocycles. The fraction of sp³-hybridized carbons (Fsp3) is 0.333. The van der Waals surface area contributed by atoms with E-state index in [0.29, 0.717) is 4.47 Å². The minimum absolute atomic E-state index is 0.176. The minimum Gasteiger partial charge on any atom is -0.480 e. The predicted molar refractivity (Wildman–Crippen MR) is 77.4 cm³/mol. The summed E-state index contributed by atoms with van der Waals surface area (Å²) in [5, 5.41) is 11.3. The number of amides is 1. The van der Waals surface area contributed by atoms with Crippen LogP contribution in [0.2, 0.25) is 0 Å². The van der Waals surface area contributed by atoms with Crippen molar-refractivity contribution in [3.05, 3.63) is 34.3 Å². The van der Waals surface area contributed by atoms with E-state index in [9.17, 15) is 18.0 Å². The van der Waals surface area contributed by atoms with Gasteiger partial charge in [0.2, 0.25) is 0 Å². The van der Waals surface area contributed by atoms with Crippen LogP contribution in [0, 0.1) is 0 Å². The Labute approximate surface area is 125 Å². The number of benzene rings is 1. The SMILES string of the molecule is CS(=O)(=O)CCC(NC(=O)c1ccccc1Br)C(=O)O. The van der Waals surface area contributed by atoms with Gasteiger partial charge in [0.15, 0.2) is 0 Å². The van der Waals surface area contributed by atoms with E-state index in [1.54, 1.807) is 18.2 Å². The number of aliphatic carboxylic acids is 1. The van der Waals surface area contributed by atoms with E-state index in [2.05, 4.69) is 21.2 Å². The van der Waals surface area contributed by atoms with Crippen molar-refractivity contribution < 1.29 is 23.1 Å². The maximum absolute atomic E-state index is 12.0. The fourth-order valence-corrected chi connectivity index (χ4v) is 2.60. The summed E-state index contributed by atoms with van der Waals surface area (Å²) in [7, 11) is -3.29. The molecule has 1 atom stereocenters. The van der Waals surface area contributed by atoms with Gasteiger partial charge in [0.1, 0.15) is 15.9 Å². The summed E-state index contributed by atoms with van der Waals surface area (Å²) in [6.45, 7) is 0. The van der Waals surface area contributed by atoms with Crippen LogP contribution in [-0.4, -0.2) is 43.5 Å². The van der Waals surface area contributed by atoms with Crippen LogP contribution in [0.5, 0.6) is 0 Å². The molecule has 1 aromatic rings. The topological polar surface area (TPSA) is 101 Å². The molecule has 0 aromatic heterocycles.